The van der Waals surface area contributed by atoms with Gasteiger partial charge in [-0.25, -0.2) is 4.98 Å². The second-order valence-corrected chi connectivity index (χ2v) is 8.17. The number of hydrogen-bond acceptors (Lipinski definition) is 4. The molecule has 0 bridgehead atoms. The Kier molecular flexibility index (Phi) is 6.81. The molecule has 0 saturated carbocycles. The fourth-order valence-electron chi connectivity index (χ4n) is 3.68. The van der Waals surface area contributed by atoms with Gasteiger partial charge in [0.2, 0.25) is 5.78 Å². The molecule has 2 aromatic heterocycles. The zero-order valence-electron chi connectivity index (χ0n) is 18.3. The van der Waals surface area contributed by atoms with Crippen LogP contribution in [0.1, 0.15) is 31.7 Å². The number of aryl methyl sites for hydroxylation is 1. The highest BCUT2D eigenvalue weighted by atomic mass is 35.5. The van der Waals surface area contributed by atoms with Crippen LogP contribution in [0, 0.1) is 0 Å². The SMILES string of the molecule is CCCCCn1c(NCc2ccc(OC)cc2)cc(=O)n2cc(-c3ccc(Cl)cc3)nc12. The number of methoxy groups -OCH3 is 1. The maximum absolute atomic E-state index is 12.9. The summed E-state index contributed by atoms with van der Waals surface area (Å²) in [4.78, 5) is 17.7. The summed E-state index contributed by atoms with van der Waals surface area (Å²) in [6, 6.07) is 17.0. The van der Waals surface area contributed by atoms with E-state index in [0.29, 0.717) is 17.3 Å². The van der Waals surface area contributed by atoms with Crippen LogP contribution in [0.15, 0.2) is 65.6 Å². The van der Waals surface area contributed by atoms with Gasteiger partial charge in [0.05, 0.1) is 12.8 Å². The highest BCUT2D eigenvalue weighted by Crippen LogP contribution is 2.23. The summed E-state index contributed by atoms with van der Waals surface area (Å²) in [7, 11) is 1.65. The molecule has 2 aromatic carbocycles. The van der Waals surface area contributed by atoms with Gasteiger partial charge in [-0.05, 0) is 36.2 Å². The number of halogens is 1. The van der Waals surface area contributed by atoms with E-state index in [1.165, 1.54) is 0 Å². The molecule has 2 heterocycles. The smallest absolute Gasteiger partial charge is 0.261 e. The Morgan fingerprint density at radius 3 is 2.50 bits per heavy atom. The number of benzene rings is 2. The van der Waals surface area contributed by atoms with E-state index in [0.717, 1.165) is 54.2 Å². The largest absolute Gasteiger partial charge is 0.497 e. The van der Waals surface area contributed by atoms with E-state index in [-0.39, 0.29) is 5.56 Å². The molecule has 0 spiro atoms. The highest BCUT2D eigenvalue weighted by molar-refractivity contribution is 6.30. The third kappa shape index (κ3) is 4.81. The lowest BCUT2D eigenvalue weighted by atomic mass is 10.2. The summed E-state index contributed by atoms with van der Waals surface area (Å²) in [5.41, 5.74) is 2.65. The Morgan fingerprint density at radius 1 is 1.06 bits per heavy atom. The molecule has 0 amide bonds. The van der Waals surface area contributed by atoms with Crippen molar-refractivity contribution in [3.8, 4) is 17.0 Å². The summed E-state index contributed by atoms with van der Waals surface area (Å²) >= 11 is 6.03. The van der Waals surface area contributed by atoms with Crippen molar-refractivity contribution in [2.45, 2.75) is 39.3 Å². The van der Waals surface area contributed by atoms with Gasteiger partial charge in [0.15, 0.2) is 0 Å². The Morgan fingerprint density at radius 2 is 1.81 bits per heavy atom. The van der Waals surface area contributed by atoms with Gasteiger partial charge in [0, 0.05) is 35.9 Å². The Labute approximate surface area is 192 Å². The molecule has 1 N–H and O–H groups in total. The number of hydrogen-bond donors (Lipinski definition) is 1. The lowest BCUT2D eigenvalue weighted by Crippen LogP contribution is -2.20. The van der Waals surface area contributed by atoms with E-state index >= 15 is 0 Å². The minimum Gasteiger partial charge on any atom is -0.497 e. The van der Waals surface area contributed by atoms with Crippen molar-refractivity contribution < 1.29 is 4.74 Å². The van der Waals surface area contributed by atoms with Crippen LogP contribution in [0.5, 0.6) is 5.75 Å². The van der Waals surface area contributed by atoms with Crippen molar-refractivity contribution in [2.24, 2.45) is 0 Å². The Hall–Kier alpha value is -3.25. The third-order valence-electron chi connectivity index (χ3n) is 5.48. The van der Waals surface area contributed by atoms with Crippen LogP contribution in [-0.4, -0.2) is 21.1 Å². The standard InChI is InChI=1S/C25H27ClN4O2/c1-3-4-5-14-29-23(27-16-18-6-12-21(32-2)13-7-18)15-24(31)30-17-22(28-25(29)30)19-8-10-20(26)11-9-19/h6-13,15,17,27H,3-5,14,16H2,1-2H3. The maximum Gasteiger partial charge on any atom is 0.261 e. The normalized spacial score (nSPS) is 11.1. The predicted molar refractivity (Wildman–Crippen MR) is 130 cm³/mol. The molecular weight excluding hydrogens is 424 g/mol. The van der Waals surface area contributed by atoms with Gasteiger partial charge in [0.1, 0.15) is 11.6 Å². The van der Waals surface area contributed by atoms with Crippen molar-refractivity contribution in [1.29, 1.82) is 0 Å². The molecule has 4 rings (SSSR count). The molecule has 0 fully saturated rings. The van der Waals surface area contributed by atoms with Gasteiger partial charge in [-0.3, -0.25) is 13.8 Å². The number of anilines is 1. The quantitative estimate of drug-likeness (QED) is 0.336. The molecule has 0 saturated heterocycles. The second kappa shape index (κ2) is 9.92. The highest BCUT2D eigenvalue weighted by Gasteiger charge is 2.14. The first-order valence-electron chi connectivity index (χ1n) is 10.8. The van der Waals surface area contributed by atoms with Crippen LogP contribution in [0.2, 0.25) is 5.02 Å². The Bertz CT molecular complexity index is 1240. The van der Waals surface area contributed by atoms with Gasteiger partial charge in [0.25, 0.3) is 5.56 Å². The summed E-state index contributed by atoms with van der Waals surface area (Å²) in [6.45, 7) is 3.55. The molecule has 166 valence electrons. The first kappa shape index (κ1) is 22.0. The molecule has 0 atom stereocenters. The molecular formula is C25H27ClN4O2. The molecule has 7 heteroatoms. The molecule has 0 aliphatic heterocycles. The van der Waals surface area contributed by atoms with E-state index in [1.807, 2.05) is 48.5 Å². The molecule has 0 radical (unpaired) electrons. The summed E-state index contributed by atoms with van der Waals surface area (Å²) < 4.78 is 8.95. The molecule has 6 nitrogen and oxygen atoms in total. The maximum atomic E-state index is 12.9. The monoisotopic (exact) mass is 450 g/mol. The first-order valence-corrected chi connectivity index (χ1v) is 11.2. The van der Waals surface area contributed by atoms with Crippen LogP contribution in [-0.2, 0) is 13.1 Å². The van der Waals surface area contributed by atoms with Crippen molar-refractivity contribution in [3.05, 3.63) is 81.7 Å². The van der Waals surface area contributed by atoms with Crippen molar-refractivity contribution in [3.63, 3.8) is 0 Å². The number of nitrogens with zero attached hydrogens (tertiary/aromatic N) is 3. The van der Waals surface area contributed by atoms with Crippen molar-refractivity contribution >= 4 is 23.2 Å². The molecule has 0 aliphatic rings. The predicted octanol–water partition coefficient (Wildman–Crippen LogP) is 5.63. The van der Waals surface area contributed by atoms with Gasteiger partial charge in [-0.2, -0.15) is 0 Å². The average molecular weight is 451 g/mol. The zero-order valence-corrected chi connectivity index (χ0v) is 19.1. The minimum absolute atomic E-state index is 0.114. The van der Waals surface area contributed by atoms with Gasteiger partial charge >= 0.3 is 0 Å². The topological polar surface area (TPSA) is 60.6 Å². The van der Waals surface area contributed by atoms with Gasteiger partial charge < -0.3 is 10.1 Å². The van der Waals surface area contributed by atoms with Crippen molar-refractivity contribution in [2.75, 3.05) is 12.4 Å². The lowest BCUT2D eigenvalue weighted by molar-refractivity contribution is 0.414. The Balaban J connectivity index is 1.70. The van der Waals surface area contributed by atoms with E-state index in [4.69, 9.17) is 21.3 Å². The fraction of sp³-hybridized carbons (Fsp3) is 0.280. The van der Waals surface area contributed by atoms with Crippen LogP contribution in [0.4, 0.5) is 5.82 Å². The average Bonchev–Trinajstić information content (AvgIpc) is 3.26. The molecule has 0 aliphatic carbocycles. The summed E-state index contributed by atoms with van der Waals surface area (Å²) in [5, 5.41) is 4.10. The van der Waals surface area contributed by atoms with Gasteiger partial charge in [-0.15, -0.1) is 0 Å². The molecule has 32 heavy (non-hydrogen) atoms. The minimum atomic E-state index is -0.114. The molecule has 0 unspecified atom stereocenters. The summed E-state index contributed by atoms with van der Waals surface area (Å²) in [6.07, 6.45) is 5.04. The number of aromatic nitrogens is 3. The van der Waals surface area contributed by atoms with Crippen LogP contribution >= 0.6 is 11.6 Å². The first-order chi connectivity index (χ1) is 15.6. The number of imidazole rings is 1. The number of rotatable bonds is 9. The fourth-order valence-corrected chi connectivity index (χ4v) is 3.80. The van der Waals surface area contributed by atoms with Crippen molar-refractivity contribution in [1.82, 2.24) is 14.0 Å². The number of unbranched alkanes of at least 4 members (excludes halogenated alkanes) is 2. The van der Waals surface area contributed by atoms with Crippen LogP contribution in [0.25, 0.3) is 17.0 Å². The zero-order chi connectivity index (χ0) is 22.5. The number of nitrogens with one attached hydrogen (secondary N) is 1. The number of ether oxygens (including phenoxy) is 1. The van der Waals surface area contributed by atoms with E-state index < -0.39 is 0 Å². The van der Waals surface area contributed by atoms with Crippen LogP contribution in [0.3, 0.4) is 0 Å². The number of fused-ring (bicyclic) bond motifs is 1. The van der Waals surface area contributed by atoms with Crippen LogP contribution < -0.4 is 15.6 Å². The van der Waals surface area contributed by atoms with E-state index in [1.54, 1.807) is 23.8 Å². The summed E-state index contributed by atoms with van der Waals surface area (Å²) in [5.74, 6) is 2.22. The lowest BCUT2D eigenvalue weighted by Gasteiger charge is -2.16. The molecule has 4 aromatic rings. The van der Waals surface area contributed by atoms with E-state index in [9.17, 15) is 4.79 Å². The van der Waals surface area contributed by atoms with E-state index in [2.05, 4.69) is 16.8 Å². The third-order valence-corrected chi connectivity index (χ3v) is 5.73. The second-order valence-electron chi connectivity index (χ2n) is 7.73. The van der Waals surface area contributed by atoms with Gasteiger partial charge in [-0.1, -0.05) is 55.6 Å².